The van der Waals surface area contributed by atoms with Gasteiger partial charge >= 0.3 is 18.9 Å². The van der Waals surface area contributed by atoms with Gasteiger partial charge in [0, 0.05) is 5.75 Å². The second kappa shape index (κ2) is 17.8. The fraction of sp³-hybridized carbons (Fsp3) is 0.314. The Bertz CT molecular complexity index is 1490. The van der Waals surface area contributed by atoms with Crippen molar-refractivity contribution in [2.75, 3.05) is 5.75 Å². The molecular weight excluding hydrogens is 587 g/mol. The van der Waals surface area contributed by atoms with Gasteiger partial charge < -0.3 is 28.2 Å². The Labute approximate surface area is 277 Å². The molecule has 1 aliphatic rings. The quantitative estimate of drug-likeness (QED) is 0.147. The van der Waals surface area contributed by atoms with E-state index in [-0.39, 0.29) is 51.7 Å². The Morgan fingerprint density at radius 3 is 1.29 bits per heavy atom. The van der Waals surface area contributed by atoms with Gasteiger partial charge in [-0.3, -0.25) is 0 Å². The normalized spacial score (nSPS) is 21.6. The molecule has 4 aromatic rings. The predicted octanol–water partition coefficient (Wildman–Crippen LogP) is 2.62. The van der Waals surface area contributed by atoms with E-state index in [4.69, 9.17) is 23.7 Å². The Morgan fingerprint density at radius 2 is 0.889 bits per heavy atom. The van der Waals surface area contributed by atoms with Crippen LogP contribution in [-0.2, 0) is 60.2 Å². The Balaban J connectivity index is 0.00000461. The number of hydrogen-bond acceptors (Lipinski definition) is 8. The van der Waals surface area contributed by atoms with Crippen LogP contribution in [0.1, 0.15) is 28.7 Å². The number of hydrogen-bond donors (Lipinski definition) is 0. The molecular formula is C35H37LiO8S. The minimum Gasteiger partial charge on any atom is -0.748 e. The summed E-state index contributed by atoms with van der Waals surface area (Å²) in [5.74, 6) is -0.616. The van der Waals surface area contributed by atoms with Crippen LogP contribution in [0.15, 0.2) is 121 Å². The van der Waals surface area contributed by atoms with Crippen LogP contribution in [0.25, 0.3) is 0 Å². The molecule has 10 heteroatoms. The Morgan fingerprint density at radius 1 is 0.533 bits per heavy atom. The molecule has 0 amide bonds. The van der Waals surface area contributed by atoms with Crippen molar-refractivity contribution < 1.29 is 55.5 Å². The molecule has 232 valence electrons. The fourth-order valence-electron chi connectivity index (χ4n) is 5.13. The number of rotatable bonds is 15. The minimum absolute atomic E-state index is 0. The van der Waals surface area contributed by atoms with Crippen LogP contribution >= 0.6 is 0 Å². The van der Waals surface area contributed by atoms with Crippen molar-refractivity contribution in [1.29, 1.82) is 0 Å². The molecule has 0 bridgehead atoms. The van der Waals surface area contributed by atoms with Crippen molar-refractivity contribution in [1.82, 2.24) is 0 Å². The smallest absolute Gasteiger partial charge is 0.748 e. The summed E-state index contributed by atoms with van der Waals surface area (Å²) in [6, 6.07) is 38.8. The second-order valence-electron chi connectivity index (χ2n) is 10.7. The van der Waals surface area contributed by atoms with Crippen molar-refractivity contribution in [2.24, 2.45) is 0 Å². The van der Waals surface area contributed by atoms with Crippen LogP contribution < -0.4 is 18.9 Å². The molecule has 1 fully saturated rings. The first kappa shape index (κ1) is 35.0. The minimum atomic E-state index is -4.52. The largest absolute Gasteiger partial charge is 1.00 e. The van der Waals surface area contributed by atoms with Crippen molar-refractivity contribution in [3.63, 3.8) is 0 Å². The van der Waals surface area contributed by atoms with E-state index in [0.29, 0.717) is 0 Å². The SMILES string of the molecule is O=S(=O)([O-])CC[C@H]1O[C@@H](OCc2ccccc2)[C@H](OCc2ccccc2)[C@@H](OCc2ccccc2)[C@@H]1OCc1ccccc1.[Li+]. The average molecular weight is 625 g/mol. The zero-order valence-electron chi connectivity index (χ0n) is 25.4. The van der Waals surface area contributed by atoms with Crippen LogP contribution in [0.4, 0.5) is 0 Å². The molecule has 0 unspecified atom stereocenters. The Kier molecular flexibility index (Phi) is 13.8. The van der Waals surface area contributed by atoms with Crippen LogP contribution in [0.2, 0.25) is 0 Å². The molecule has 4 aromatic carbocycles. The maximum atomic E-state index is 11.7. The third kappa shape index (κ3) is 11.2. The molecule has 5 rings (SSSR count). The molecule has 0 saturated carbocycles. The van der Waals surface area contributed by atoms with Gasteiger partial charge in [0.05, 0.1) is 42.6 Å². The third-order valence-corrected chi connectivity index (χ3v) is 8.09. The maximum absolute atomic E-state index is 11.7. The summed E-state index contributed by atoms with van der Waals surface area (Å²) in [5, 5.41) is 0. The molecule has 1 heterocycles. The topological polar surface area (TPSA) is 103 Å². The summed E-state index contributed by atoms with van der Waals surface area (Å²) in [6.07, 6.45) is -4.08. The first-order chi connectivity index (χ1) is 21.4. The van der Waals surface area contributed by atoms with E-state index < -0.39 is 46.6 Å². The Hall–Kier alpha value is -2.81. The maximum Gasteiger partial charge on any atom is 1.00 e. The summed E-state index contributed by atoms with van der Waals surface area (Å²) in [5.41, 5.74) is 3.76. The zero-order valence-corrected chi connectivity index (χ0v) is 26.2. The molecule has 45 heavy (non-hydrogen) atoms. The van der Waals surface area contributed by atoms with E-state index in [1.54, 1.807) is 0 Å². The van der Waals surface area contributed by atoms with E-state index in [9.17, 15) is 13.0 Å². The summed E-state index contributed by atoms with van der Waals surface area (Å²) >= 11 is 0. The molecule has 0 radical (unpaired) electrons. The number of ether oxygens (including phenoxy) is 5. The van der Waals surface area contributed by atoms with Gasteiger partial charge in [0.1, 0.15) is 18.3 Å². The molecule has 0 spiro atoms. The van der Waals surface area contributed by atoms with Crippen molar-refractivity contribution in [2.45, 2.75) is 63.6 Å². The van der Waals surface area contributed by atoms with Crippen molar-refractivity contribution >= 4 is 10.1 Å². The van der Waals surface area contributed by atoms with Gasteiger partial charge in [-0.2, -0.15) is 0 Å². The standard InChI is InChI=1S/C35H38O8S.Li/c36-44(37,38)22-21-31-32(39-23-27-13-5-1-6-14-27)33(40-24-28-15-7-2-8-16-28)34(41-25-29-17-9-3-10-18-29)35(43-31)42-26-30-19-11-4-12-20-30;/h1-20,31-35H,21-26H2,(H,36,37,38);/q;+1/p-1/t31-,32-,33+,34-,35-;/m1./s1. The second-order valence-corrected chi connectivity index (χ2v) is 12.2. The molecule has 5 atom stereocenters. The first-order valence-electron chi connectivity index (χ1n) is 14.7. The molecule has 1 saturated heterocycles. The van der Waals surface area contributed by atoms with E-state index in [1.165, 1.54) is 0 Å². The van der Waals surface area contributed by atoms with E-state index in [2.05, 4.69) is 0 Å². The zero-order chi connectivity index (χ0) is 30.6. The van der Waals surface area contributed by atoms with Gasteiger partial charge in [-0.15, -0.1) is 0 Å². The summed E-state index contributed by atoms with van der Waals surface area (Å²) in [7, 11) is -4.52. The number of benzene rings is 4. The summed E-state index contributed by atoms with van der Waals surface area (Å²) in [4.78, 5) is 0. The molecule has 0 N–H and O–H groups in total. The third-order valence-electron chi connectivity index (χ3n) is 7.36. The fourth-order valence-corrected chi connectivity index (χ4v) is 5.65. The van der Waals surface area contributed by atoms with E-state index in [1.807, 2.05) is 121 Å². The van der Waals surface area contributed by atoms with Crippen LogP contribution in [0.5, 0.6) is 0 Å². The van der Waals surface area contributed by atoms with Gasteiger partial charge in [-0.1, -0.05) is 121 Å². The van der Waals surface area contributed by atoms with Gasteiger partial charge in [0.15, 0.2) is 6.29 Å². The van der Waals surface area contributed by atoms with E-state index in [0.717, 1.165) is 22.3 Å². The van der Waals surface area contributed by atoms with Gasteiger partial charge in [-0.25, -0.2) is 8.42 Å². The summed E-state index contributed by atoms with van der Waals surface area (Å²) < 4.78 is 67.5. The van der Waals surface area contributed by atoms with Crippen LogP contribution in [0, 0.1) is 0 Å². The molecule has 0 aromatic heterocycles. The average Bonchev–Trinajstić information content (AvgIpc) is 3.05. The first-order valence-corrected chi connectivity index (χ1v) is 16.2. The van der Waals surface area contributed by atoms with Crippen LogP contribution in [-0.4, -0.2) is 49.4 Å². The van der Waals surface area contributed by atoms with Crippen molar-refractivity contribution in [3.8, 4) is 0 Å². The van der Waals surface area contributed by atoms with Gasteiger partial charge in [-0.05, 0) is 28.7 Å². The molecule has 8 nitrogen and oxygen atoms in total. The van der Waals surface area contributed by atoms with Gasteiger partial charge in [0.2, 0.25) is 0 Å². The monoisotopic (exact) mass is 624 g/mol. The summed E-state index contributed by atoms with van der Waals surface area (Å²) in [6.45, 7) is 0.960. The molecule has 0 aliphatic carbocycles. The van der Waals surface area contributed by atoms with Gasteiger partial charge in [0.25, 0.3) is 0 Å². The van der Waals surface area contributed by atoms with Crippen molar-refractivity contribution in [3.05, 3.63) is 144 Å². The molecule has 1 aliphatic heterocycles. The van der Waals surface area contributed by atoms with Crippen LogP contribution in [0.3, 0.4) is 0 Å². The van der Waals surface area contributed by atoms with E-state index >= 15 is 0 Å². The predicted molar refractivity (Wildman–Crippen MR) is 164 cm³/mol.